The first-order chi connectivity index (χ1) is 48.3. The van der Waals surface area contributed by atoms with E-state index in [1.807, 2.05) is 0 Å². The summed E-state index contributed by atoms with van der Waals surface area (Å²) >= 11 is 0. The lowest BCUT2D eigenvalue weighted by molar-refractivity contribution is 0.259. The molecule has 0 heterocycles. The highest BCUT2D eigenvalue weighted by Crippen LogP contribution is 2.24. The summed E-state index contributed by atoms with van der Waals surface area (Å²) in [5.41, 5.74) is 26.1. The Morgan fingerprint density at radius 2 is 0.327 bits per heavy atom. The summed E-state index contributed by atoms with van der Waals surface area (Å²) in [6.45, 7) is 49.1. The van der Waals surface area contributed by atoms with Crippen LogP contribution in [0.2, 0.25) is 0 Å². The third-order valence-corrected chi connectivity index (χ3v) is 21.0. The number of hydrogen-bond acceptors (Lipinski definition) is 1. The molecule has 0 aromatic rings. The standard InChI is InChI=1S/C100H168O/c1-81(2)41-22-42-82(3)43-23-44-83(4)45-24-46-84(5)47-25-48-85(6)49-26-50-86(7)51-27-52-87(8)53-28-54-88(9)55-29-56-89(10)57-30-58-90(11)59-31-60-91(12)61-32-62-92(13)63-33-64-93(14)65-34-66-94(15)67-35-68-95(16)69-36-70-96(17)71-37-72-97(18)73-38-74-98(19)75-39-76-99(20)77-40-78-100(21)79-80-101/h45,47,49,51,53,55,57,59,61,63,65,67,69,71,73,75,77,81-82,100-101H,22-44,46,48,50,52,54,56,58,60,62,64,66,68,70,72,74,76,78-80H2,1-21H3/b83-45-,84-47-,85-49-,86-51+,87-53-,88-55+,89-57-,90-59-,91-61-,92-63-,93-65+,94-67-,95-69+,96-71-,97-73-,98-75-,99-77-/t82-,100-/m0/s1. The summed E-state index contributed by atoms with van der Waals surface area (Å²) < 4.78 is 0. The van der Waals surface area contributed by atoms with Crippen molar-refractivity contribution < 1.29 is 5.11 Å². The zero-order valence-corrected chi connectivity index (χ0v) is 71.2. The molecule has 101 heavy (non-hydrogen) atoms. The second-order valence-electron chi connectivity index (χ2n) is 33.0. The Kier molecular flexibility index (Phi) is 62.2. The average molecular weight is 1390 g/mol. The van der Waals surface area contributed by atoms with E-state index in [9.17, 15) is 0 Å². The molecule has 0 radical (unpaired) electrons. The number of aliphatic hydroxyl groups is 1. The van der Waals surface area contributed by atoms with E-state index in [-0.39, 0.29) is 0 Å². The van der Waals surface area contributed by atoms with Crippen molar-refractivity contribution in [3.05, 3.63) is 198 Å². The minimum absolute atomic E-state index is 0.309. The van der Waals surface area contributed by atoms with Crippen molar-refractivity contribution in [1.82, 2.24) is 0 Å². The van der Waals surface area contributed by atoms with Gasteiger partial charge >= 0.3 is 0 Å². The molecular weight excluding hydrogens is 1220 g/mol. The summed E-state index contributed by atoms with van der Waals surface area (Å²) in [6, 6.07) is 0. The van der Waals surface area contributed by atoms with Crippen LogP contribution in [0.5, 0.6) is 0 Å². The van der Waals surface area contributed by atoms with E-state index in [0.717, 1.165) is 127 Å². The summed E-state index contributed by atoms with van der Waals surface area (Å²) in [4.78, 5) is 0. The molecule has 0 fully saturated rings. The van der Waals surface area contributed by atoms with Gasteiger partial charge in [-0.05, 0) is 373 Å². The van der Waals surface area contributed by atoms with Crippen LogP contribution in [0.1, 0.15) is 409 Å². The molecule has 0 saturated heterocycles. The molecule has 0 unspecified atom stereocenters. The highest BCUT2D eigenvalue weighted by molar-refractivity contribution is 5.15. The van der Waals surface area contributed by atoms with Crippen LogP contribution in [0.3, 0.4) is 0 Å². The van der Waals surface area contributed by atoms with E-state index in [4.69, 9.17) is 5.11 Å². The predicted octanol–water partition coefficient (Wildman–Crippen LogP) is 34.0. The number of rotatable bonds is 61. The molecule has 1 heteroatoms. The van der Waals surface area contributed by atoms with Crippen molar-refractivity contribution in [3.63, 3.8) is 0 Å². The SMILES string of the molecule is C/C(=C/CC/C(C)=C\CC/C(C)=C/CC/C(C)=C\CC/C(C)=C/CC/C(C)=C\CC/C(C)=C\CC/C(C)=C\CC/C(C)=C\CC[C@H](C)CCO)CC/C=C(/C)CC/C=C(/C)CC/C=C(\C)CC/C=C(/C)CC/C=C(\C)CC/C=C(/C)CC/C=C(/C)CC/C=C(/C)CCC[C@@H](C)CCCC(C)C. The fraction of sp³-hybridized carbons (Fsp3) is 0.660. The van der Waals surface area contributed by atoms with E-state index in [0.29, 0.717) is 12.5 Å². The van der Waals surface area contributed by atoms with Crippen molar-refractivity contribution in [1.29, 1.82) is 0 Å². The lowest BCUT2D eigenvalue weighted by Gasteiger charge is -2.12. The van der Waals surface area contributed by atoms with E-state index < -0.39 is 0 Å². The molecule has 0 aromatic heterocycles. The Morgan fingerprint density at radius 1 is 0.178 bits per heavy atom. The van der Waals surface area contributed by atoms with Crippen LogP contribution < -0.4 is 0 Å². The van der Waals surface area contributed by atoms with Crippen LogP contribution in [-0.4, -0.2) is 11.7 Å². The first-order valence-corrected chi connectivity index (χ1v) is 42.0. The summed E-state index contributed by atoms with van der Waals surface area (Å²) in [5.74, 6) is 2.33. The lowest BCUT2D eigenvalue weighted by Crippen LogP contribution is -1.97. The van der Waals surface area contributed by atoms with Crippen LogP contribution in [0.25, 0.3) is 0 Å². The lowest BCUT2D eigenvalue weighted by atomic mass is 9.94. The molecule has 0 aliphatic carbocycles. The third-order valence-electron chi connectivity index (χ3n) is 21.0. The van der Waals surface area contributed by atoms with E-state index in [1.54, 1.807) is 16.7 Å². The first kappa shape index (κ1) is 96.5. The van der Waals surface area contributed by atoms with Gasteiger partial charge in [0, 0.05) is 6.61 Å². The monoisotopic (exact) mass is 1390 g/mol. The van der Waals surface area contributed by atoms with Gasteiger partial charge < -0.3 is 5.11 Å². The molecule has 0 spiro atoms. The molecule has 0 amide bonds. The molecule has 0 aromatic carbocycles. The molecule has 2 atom stereocenters. The topological polar surface area (TPSA) is 20.2 Å². The number of hydrogen-bond donors (Lipinski definition) is 1. The second-order valence-corrected chi connectivity index (χ2v) is 33.0. The average Bonchev–Trinajstić information content (AvgIpc) is 3.51. The van der Waals surface area contributed by atoms with Gasteiger partial charge in [-0.2, -0.15) is 0 Å². The Bertz CT molecular complexity index is 2730. The largest absolute Gasteiger partial charge is 0.396 e. The molecular formula is C100H168O. The smallest absolute Gasteiger partial charge is 0.0433 e. The van der Waals surface area contributed by atoms with Crippen LogP contribution in [0.4, 0.5) is 0 Å². The second kappa shape index (κ2) is 65.1. The van der Waals surface area contributed by atoms with Crippen LogP contribution in [0, 0.1) is 17.8 Å². The fourth-order valence-corrected chi connectivity index (χ4v) is 13.2. The Hall–Kier alpha value is -4.46. The van der Waals surface area contributed by atoms with Gasteiger partial charge in [-0.1, -0.05) is 251 Å². The fourth-order valence-electron chi connectivity index (χ4n) is 13.2. The van der Waals surface area contributed by atoms with Crippen molar-refractivity contribution in [2.24, 2.45) is 17.8 Å². The van der Waals surface area contributed by atoms with Gasteiger partial charge in [-0.3, -0.25) is 0 Å². The minimum Gasteiger partial charge on any atom is -0.396 e. The highest BCUT2D eigenvalue weighted by Gasteiger charge is 2.06. The molecule has 0 rings (SSSR count). The van der Waals surface area contributed by atoms with Crippen molar-refractivity contribution >= 4 is 0 Å². The van der Waals surface area contributed by atoms with E-state index in [2.05, 4.69) is 249 Å². The first-order valence-electron chi connectivity index (χ1n) is 42.0. The van der Waals surface area contributed by atoms with Gasteiger partial charge in [0.05, 0.1) is 0 Å². The van der Waals surface area contributed by atoms with Crippen molar-refractivity contribution in [2.45, 2.75) is 409 Å². The predicted molar refractivity (Wildman–Crippen MR) is 463 cm³/mol. The highest BCUT2D eigenvalue weighted by atomic mass is 16.3. The van der Waals surface area contributed by atoms with Gasteiger partial charge in [-0.15, -0.1) is 0 Å². The van der Waals surface area contributed by atoms with Crippen LogP contribution >= 0.6 is 0 Å². The Labute approximate surface area is 632 Å². The number of allylic oxidation sites excluding steroid dienone is 34. The van der Waals surface area contributed by atoms with Gasteiger partial charge in [0.15, 0.2) is 0 Å². The molecule has 0 saturated carbocycles. The Balaban J connectivity index is 4.34. The van der Waals surface area contributed by atoms with E-state index >= 15 is 0 Å². The maximum atomic E-state index is 9.12. The minimum atomic E-state index is 0.309. The molecule has 0 aliphatic heterocycles. The molecule has 0 aliphatic rings. The van der Waals surface area contributed by atoms with Crippen molar-refractivity contribution in [3.8, 4) is 0 Å². The van der Waals surface area contributed by atoms with Gasteiger partial charge in [0.25, 0.3) is 0 Å². The summed E-state index contributed by atoms with van der Waals surface area (Å²) in [5, 5.41) is 9.12. The van der Waals surface area contributed by atoms with Gasteiger partial charge in [0.2, 0.25) is 0 Å². The van der Waals surface area contributed by atoms with Crippen LogP contribution in [-0.2, 0) is 0 Å². The molecule has 0 bridgehead atoms. The Morgan fingerprint density at radius 3 is 0.495 bits per heavy atom. The van der Waals surface area contributed by atoms with Crippen molar-refractivity contribution in [2.75, 3.05) is 6.61 Å². The summed E-state index contributed by atoms with van der Waals surface area (Å²) in [7, 11) is 0. The van der Waals surface area contributed by atoms with Gasteiger partial charge in [-0.25, -0.2) is 0 Å². The maximum absolute atomic E-state index is 9.12. The van der Waals surface area contributed by atoms with Gasteiger partial charge in [0.1, 0.15) is 0 Å². The summed E-state index contributed by atoms with van der Waals surface area (Å²) in [6.07, 6.45) is 90.7. The van der Waals surface area contributed by atoms with Crippen LogP contribution in [0.15, 0.2) is 198 Å². The normalized spacial score (nSPS) is 15.7. The quantitative estimate of drug-likeness (QED) is 0.0602. The number of aliphatic hydroxyl groups excluding tert-OH is 1. The maximum Gasteiger partial charge on any atom is 0.0433 e. The molecule has 574 valence electrons. The zero-order chi connectivity index (χ0) is 75.3. The molecule has 1 N–H and O–H groups in total. The third kappa shape index (κ3) is 66.0. The van der Waals surface area contributed by atoms with E-state index in [1.165, 1.54) is 226 Å². The molecule has 1 nitrogen and oxygen atoms in total. The zero-order valence-electron chi connectivity index (χ0n) is 71.2.